The van der Waals surface area contributed by atoms with Crippen LogP contribution in [-0.2, 0) is 0 Å². The SMILES string of the molecule is N#Cc1ccc(OCCNc2ccnc3cc(Br)cnc23)cc1. The molecule has 2 heterocycles. The summed E-state index contributed by atoms with van der Waals surface area (Å²) >= 11 is 3.39. The van der Waals surface area contributed by atoms with Gasteiger partial charge in [0.15, 0.2) is 0 Å². The molecular formula is C17H13BrN4O. The van der Waals surface area contributed by atoms with Gasteiger partial charge in [0.2, 0.25) is 0 Å². The summed E-state index contributed by atoms with van der Waals surface area (Å²) < 4.78 is 6.54. The Morgan fingerprint density at radius 3 is 2.78 bits per heavy atom. The van der Waals surface area contributed by atoms with Gasteiger partial charge in [0.1, 0.15) is 17.9 Å². The molecule has 114 valence electrons. The number of aromatic nitrogens is 2. The molecule has 2 aromatic heterocycles. The van der Waals surface area contributed by atoms with Crippen molar-refractivity contribution in [3.8, 4) is 11.8 Å². The predicted molar refractivity (Wildman–Crippen MR) is 92.4 cm³/mol. The minimum Gasteiger partial charge on any atom is -0.492 e. The van der Waals surface area contributed by atoms with Crippen LogP contribution in [0.3, 0.4) is 0 Å². The van der Waals surface area contributed by atoms with E-state index in [9.17, 15) is 0 Å². The Kier molecular flexibility index (Phi) is 4.69. The van der Waals surface area contributed by atoms with Crippen LogP contribution in [0.4, 0.5) is 5.69 Å². The molecule has 0 aliphatic heterocycles. The third-order valence-electron chi connectivity index (χ3n) is 3.21. The van der Waals surface area contributed by atoms with Crippen molar-refractivity contribution in [3.05, 3.63) is 58.8 Å². The molecule has 0 saturated heterocycles. The van der Waals surface area contributed by atoms with Crippen LogP contribution in [0.2, 0.25) is 0 Å². The number of benzene rings is 1. The molecular weight excluding hydrogens is 356 g/mol. The molecule has 0 fully saturated rings. The highest BCUT2D eigenvalue weighted by Crippen LogP contribution is 2.21. The van der Waals surface area contributed by atoms with Gasteiger partial charge in [0, 0.05) is 23.4 Å². The maximum Gasteiger partial charge on any atom is 0.119 e. The van der Waals surface area contributed by atoms with E-state index in [-0.39, 0.29) is 0 Å². The van der Waals surface area contributed by atoms with Crippen molar-refractivity contribution >= 4 is 32.7 Å². The Morgan fingerprint density at radius 1 is 1.17 bits per heavy atom. The van der Waals surface area contributed by atoms with Crippen molar-refractivity contribution < 1.29 is 4.74 Å². The molecule has 0 bridgehead atoms. The van der Waals surface area contributed by atoms with Gasteiger partial charge in [-0.2, -0.15) is 5.26 Å². The minimum atomic E-state index is 0.506. The maximum atomic E-state index is 8.76. The Hall–Kier alpha value is -2.65. The summed E-state index contributed by atoms with van der Waals surface area (Å²) in [5, 5.41) is 12.1. The monoisotopic (exact) mass is 368 g/mol. The van der Waals surface area contributed by atoms with Crippen LogP contribution in [0.5, 0.6) is 5.75 Å². The lowest BCUT2D eigenvalue weighted by Gasteiger charge is -2.10. The summed E-state index contributed by atoms with van der Waals surface area (Å²) in [6.07, 6.45) is 3.50. The average Bonchev–Trinajstić information content (AvgIpc) is 2.59. The Bertz CT molecular complexity index is 859. The second kappa shape index (κ2) is 7.07. The van der Waals surface area contributed by atoms with Crippen molar-refractivity contribution in [1.82, 2.24) is 9.97 Å². The summed E-state index contributed by atoms with van der Waals surface area (Å²) in [7, 11) is 0. The van der Waals surface area contributed by atoms with Crippen LogP contribution in [0.15, 0.2) is 53.3 Å². The number of ether oxygens (including phenoxy) is 1. The molecule has 0 aliphatic carbocycles. The fraction of sp³-hybridized carbons (Fsp3) is 0.118. The number of hydrogen-bond acceptors (Lipinski definition) is 5. The Balaban J connectivity index is 1.59. The molecule has 0 unspecified atom stereocenters. The number of fused-ring (bicyclic) bond motifs is 1. The molecule has 1 N–H and O–H groups in total. The fourth-order valence-corrected chi connectivity index (χ4v) is 2.45. The quantitative estimate of drug-likeness (QED) is 0.694. The van der Waals surface area contributed by atoms with Crippen LogP contribution >= 0.6 is 15.9 Å². The normalized spacial score (nSPS) is 10.3. The van der Waals surface area contributed by atoms with Crippen LogP contribution in [0.1, 0.15) is 5.56 Å². The molecule has 0 amide bonds. The molecule has 3 aromatic rings. The van der Waals surface area contributed by atoms with Gasteiger partial charge >= 0.3 is 0 Å². The lowest BCUT2D eigenvalue weighted by Crippen LogP contribution is -2.12. The van der Waals surface area contributed by atoms with Gasteiger partial charge in [-0.3, -0.25) is 9.97 Å². The Labute approximate surface area is 142 Å². The molecule has 3 rings (SSSR count). The van der Waals surface area contributed by atoms with E-state index >= 15 is 0 Å². The zero-order chi connectivity index (χ0) is 16.1. The smallest absolute Gasteiger partial charge is 0.119 e. The van der Waals surface area contributed by atoms with Gasteiger partial charge < -0.3 is 10.1 Å². The number of nitrogens with one attached hydrogen (secondary N) is 1. The predicted octanol–water partition coefficient (Wildman–Crippen LogP) is 3.75. The number of halogens is 1. The average molecular weight is 369 g/mol. The van der Waals surface area contributed by atoms with Gasteiger partial charge in [-0.1, -0.05) is 0 Å². The van der Waals surface area contributed by atoms with Crippen molar-refractivity contribution in [2.75, 3.05) is 18.5 Å². The number of pyridine rings is 2. The van der Waals surface area contributed by atoms with E-state index in [1.165, 1.54) is 0 Å². The lowest BCUT2D eigenvalue weighted by molar-refractivity contribution is 0.333. The number of rotatable bonds is 5. The van der Waals surface area contributed by atoms with Crippen molar-refractivity contribution in [3.63, 3.8) is 0 Å². The first-order valence-electron chi connectivity index (χ1n) is 7.03. The van der Waals surface area contributed by atoms with Gasteiger partial charge in [-0.25, -0.2) is 0 Å². The van der Waals surface area contributed by atoms with Crippen molar-refractivity contribution in [1.29, 1.82) is 5.26 Å². The topological polar surface area (TPSA) is 70.8 Å². The maximum absolute atomic E-state index is 8.76. The fourth-order valence-electron chi connectivity index (χ4n) is 2.13. The van der Waals surface area contributed by atoms with Crippen molar-refractivity contribution in [2.24, 2.45) is 0 Å². The number of anilines is 1. The third kappa shape index (κ3) is 3.76. The molecule has 0 saturated carbocycles. The first kappa shape index (κ1) is 15.3. The molecule has 1 aromatic carbocycles. The second-order valence-electron chi connectivity index (χ2n) is 4.79. The second-order valence-corrected chi connectivity index (χ2v) is 5.71. The van der Waals surface area contributed by atoms with E-state index < -0.39 is 0 Å². The van der Waals surface area contributed by atoms with E-state index in [4.69, 9.17) is 10.00 Å². The summed E-state index contributed by atoms with van der Waals surface area (Å²) in [4.78, 5) is 8.70. The number of nitrogens with zero attached hydrogens (tertiary/aromatic N) is 3. The number of nitriles is 1. The van der Waals surface area contributed by atoms with Crippen LogP contribution < -0.4 is 10.1 Å². The van der Waals surface area contributed by atoms with Crippen LogP contribution in [0, 0.1) is 11.3 Å². The summed E-state index contributed by atoms with van der Waals surface area (Å²) in [6.45, 7) is 1.14. The van der Waals surface area contributed by atoms with E-state index in [0.717, 1.165) is 26.9 Å². The van der Waals surface area contributed by atoms with Crippen LogP contribution in [0.25, 0.3) is 11.0 Å². The zero-order valence-corrected chi connectivity index (χ0v) is 13.7. The van der Waals surface area contributed by atoms with Gasteiger partial charge in [-0.05, 0) is 52.3 Å². The number of hydrogen-bond donors (Lipinski definition) is 1. The van der Waals surface area contributed by atoms with E-state index in [2.05, 4.69) is 37.3 Å². The summed E-state index contributed by atoms with van der Waals surface area (Å²) in [6, 6.07) is 13.0. The Morgan fingerprint density at radius 2 is 2.00 bits per heavy atom. The van der Waals surface area contributed by atoms with Crippen molar-refractivity contribution in [2.45, 2.75) is 0 Å². The first-order chi connectivity index (χ1) is 11.3. The standard InChI is InChI=1S/C17H13BrN4O/c18-13-9-16-17(22-11-13)15(5-6-20-16)21-7-8-23-14-3-1-12(10-19)2-4-14/h1-6,9,11H,7-8H2,(H,20,21). The highest BCUT2D eigenvalue weighted by atomic mass is 79.9. The van der Waals surface area contributed by atoms with Gasteiger partial charge in [0.05, 0.1) is 22.8 Å². The van der Waals surface area contributed by atoms with Gasteiger partial charge in [-0.15, -0.1) is 0 Å². The molecule has 0 spiro atoms. The van der Waals surface area contributed by atoms with E-state index in [1.807, 2.05) is 12.1 Å². The molecule has 23 heavy (non-hydrogen) atoms. The summed E-state index contributed by atoms with van der Waals surface area (Å²) in [5.41, 5.74) is 3.20. The van der Waals surface area contributed by atoms with Crippen LogP contribution in [-0.4, -0.2) is 23.1 Å². The van der Waals surface area contributed by atoms with E-state index in [1.54, 1.807) is 36.7 Å². The highest BCUT2D eigenvalue weighted by Gasteiger charge is 2.03. The third-order valence-corrected chi connectivity index (χ3v) is 3.65. The summed E-state index contributed by atoms with van der Waals surface area (Å²) in [5.74, 6) is 0.743. The molecule has 0 aliphatic rings. The lowest BCUT2D eigenvalue weighted by atomic mass is 10.2. The van der Waals surface area contributed by atoms with Gasteiger partial charge in [0.25, 0.3) is 0 Å². The minimum absolute atomic E-state index is 0.506. The zero-order valence-electron chi connectivity index (χ0n) is 12.2. The largest absolute Gasteiger partial charge is 0.492 e. The first-order valence-corrected chi connectivity index (χ1v) is 7.82. The molecule has 0 radical (unpaired) electrons. The molecule has 5 nitrogen and oxygen atoms in total. The highest BCUT2D eigenvalue weighted by molar-refractivity contribution is 9.10. The van der Waals surface area contributed by atoms with E-state index in [0.29, 0.717) is 18.7 Å². The molecule has 6 heteroatoms. The molecule has 0 atom stereocenters.